The van der Waals surface area contributed by atoms with Gasteiger partial charge in [-0.2, -0.15) is 27.2 Å². The summed E-state index contributed by atoms with van der Waals surface area (Å²) >= 11 is 6.49. The van der Waals surface area contributed by atoms with E-state index in [1.54, 1.807) is 0 Å². The molecule has 0 radical (unpaired) electrons. The summed E-state index contributed by atoms with van der Waals surface area (Å²) in [6.45, 7) is 0. The van der Waals surface area contributed by atoms with Gasteiger partial charge in [-0.15, -0.1) is 0 Å². The van der Waals surface area contributed by atoms with Gasteiger partial charge in [0.05, 0.1) is 0 Å². The van der Waals surface area contributed by atoms with E-state index in [2.05, 4.69) is 11.6 Å². The van der Waals surface area contributed by atoms with Crippen molar-refractivity contribution in [1.82, 2.24) is 0 Å². The van der Waals surface area contributed by atoms with Crippen LogP contribution in [0.15, 0.2) is 0 Å². The molecule has 0 aromatic rings. The highest BCUT2D eigenvalue weighted by atomic mass is 79.9. The Balaban J connectivity index is 5.90. The van der Waals surface area contributed by atoms with Gasteiger partial charge in [0.15, 0.2) is 0 Å². The highest BCUT2D eigenvalue weighted by Crippen LogP contribution is 2.61. The summed E-state index contributed by atoms with van der Waals surface area (Å²) in [5.41, 5.74) is 0. The number of alkyl halides is 11. The molecule has 0 rings (SSSR count). The van der Waals surface area contributed by atoms with E-state index in [1.165, 1.54) is 15.9 Å². The number of halogens is 11. The van der Waals surface area contributed by atoms with Gasteiger partial charge in [0, 0.05) is 0 Å². The molecule has 0 aromatic carbocycles. The van der Waals surface area contributed by atoms with Gasteiger partial charge in [-0.3, -0.25) is 0 Å². The smallest absolute Gasteiger partial charge is 0.219 e. The Bertz CT molecular complexity index is 371. The summed E-state index contributed by atoms with van der Waals surface area (Å²) in [5, 5.41) is 2.30. The Morgan fingerprint density at radius 1 is 0.889 bits per heavy atom. The fraction of sp³-hybridized carbons (Fsp3) is 0.833. The van der Waals surface area contributed by atoms with Gasteiger partial charge in [0.1, 0.15) is 6.07 Å². The van der Waals surface area contributed by atoms with E-state index in [4.69, 9.17) is 5.26 Å². The first-order valence-corrected chi connectivity index (χ1v) is 5.52. The molecule has 0 aliphatic heterocycles. The molecule has 0 saturated carbocycles. The molecule has 0 aliphatic rings. The molecule has 0 N–H and O–H groups in total. The maximum absolute atomic E-state index is 13.3. The highest BCUT2D eigenvalue weighted by molar-refractivity contribution is 9.10. The average molecular weight is 433 g/mol. The van der Waals surface area contributed by atoms with E-state index in [0.717, 1.165) is 15.9 Å². The molecule has 0 heterocycles. The van der Waals surface area contributed by atoms with Gasteiger partial charge >= 0.3 is 21.8 Å². The van der Waals surface area contributed by atoms with Crippen molar-refractivity contribution in [1.29, 1.82) is 5.26 Å². The molecule has 3 atom stereocenters. The van der Waals surface area contributed by atoms with Crippen LogP contribution in [0.5, 0.6) is 0 Å². The van der Waals surface area contributed by atoms with Crippen LogP contribution >= 0.6 is 43.5 Å². The fourth-order valence-corrected chi connectivity index (χ4v) is 1.80. The Morgan fingerprint density at radius 2 is 1.22 bits per heavy atom. The Hall–Kier alpha value is 0.180. The summed E-state index contributed by atoms with van der Waals surface area (Å²) < 4.78 is 91.5. The van der Waals surface area contributed by atoms with Crippen LogP contribution in [0, 0.1) is 11.3 Å². The SMILES string of the molecule is N#CC(F)(Br)C(F)(F)C(F)(Br)C(F)(Cl)C(F)(F)F. The molecule has 1 nitrogen and oxygen atoms in total. The zero-order valence-electron chi connectivity index (χ0n) is 7.60. The van der Waals surface area contributed by atoms with Crippen LogP contribution in [-0.4, -0.2) is 26.4 Å². The molecular formula is C6Br2ClF8N. The maximum atomic E-state index is 13.3. The lowest BCUT2D eigenvalue weighted by atomic mass is 10.0. The predicted molar refractivity (Wildman–Crippen MR) is 51.8 cm³/mol. The first-order chi connectivity index (χ1) is 7.56. The van der Waals surface area contributed by atoms with Crippen LogP contribution in [0.2, 0.25) is 0 Å². The van der Waals surface area contributed by atoms with Crippen molar-refractivity contribution >= 4 is 43.5 Å². The van der Waals surface area contributed by atoms with Crippen molar-refractivity contribution in [3.8, 4) is 6.07 Å². The topological polar surface area (TPSA) is 23.8 Å². The van der Waals surface area contributed by atoms with E-state index >= 15 is 0 Å². The molecule has 0 spiro atoms. The van der Waals surface area contributed by atoms with Gasteiger partial charge in [-0.25, -0.2) is 13.2 Å². The van der Waals surface area contributed by atoms with Crippen LogP contribution in [-0.2, 0) is 0 Å². The summed E-state index contributed by atoms with van der Waals surface area (Å²) in [6.07, 6.45) is -6.30. The van der Waals surface area contributed by atoms with Crippen molar-refractivity contribution < 1.29 is 35.1 Å². The largest absolute Gasteiger partial charge is 0.441 e. The molecule has 106 valence electrons. The third kappa shape index (κ3) is 2.43. The van der Waals surface area contributed by atoms with Crippen molar-refractivity contribution in [3.63, 3.8) is 0 Å². The molecule has 0 bridgehead atoms. The van der Waals surface area contributed by atoms with E-state index in [-0.39, 0.29) is 6.07 Å². The minimum Gasteiger partial charge on any atom is -0.219 e. The molecule has 0 aliphatic carbocycles. The zero-order chi connectivity index (χ0) is 15.2. The normalized spacial score (nSPS) is 23.4. The Morgan fingerprint density at radius 3 is 1.44 bits per heavy atom. The quantitative estimate of drug-likeness (QED) is 0.466. The minimum absolute atomic E-state index is 0.149. The number of nitrogens with zero attached hydrogens (tertiary/aromatic N) is 1. The lowest BCUT2D eigenvalue weighted by Gasteiger charge is -2.38. The molecule has 12 heteroatoms. The summed E-state index contributed by atoms with van der Waals surface area (Å²) in [5.74, 6) is -5.80. The monoisotopic (exact) mass is 431 g/mol. The van der Waals surface area contributed by atoms with Crippen LogP contribution in [0.1, 0.15) is 0 Å². The average Bonchev–Trinajstić information content (AvgIpc) is 2.15. The zero-order valence-corrected chi connectivity index (χ0v) is 11.5. The van der Waals surface area contributed by atoms with Gasteiger partial charge in [-0.05, 0) is 31.9 Å². The van der Waals surface area contributed by atoms with Gasteiger partial charge < -0.3 is 0 Å². The second-order valence-corrected chi connectivity index (χ2v) is 5.61. The van der Waals surface area contributed by atoms with E-state index in [0.29, 0.717) is 0 Å². The minimum atomic E-state index is -6.30. The van der Waals surface area contributed by atoms with Gasteiger partial charge in [0.2, 0.25) is 0 Å². The first-order valence-electron chi connectivity index (χ1n) is 3.55. The van der Waals surface area contributed by atoms with Crippen LogP contribution in [0.4, 0.5) is 35.1 Å². The van der Waals surface area contributed by atoms with E-state index in [1.807, 2.05) is 0 Å². The summed E-state index contributed by atoms with van der Waals surface area (Å²) in [6, 6.07) is 0.149. The number of nitriles is 1. The molecule has 18 heavy (non-hydrogen) atoms. The van der Waals surface area contributed by atoms with Crippen LogP contribution in [0.3, 0.4) is 0 Å². The lowest BCUT2D eigenvalue weighted by Crippen LogP contribution is -2.64. The molecule has 0 saturated heterocycles. The Labute approximate surface area is 116 Å². The van der Waals surface area contributed by atoms with E-state index in [9.17, 15) is 35.1 Å². The fourth-order valence-electron chi connectivity index (χ4n) is 0.643. The molecule has 0 amide bonds. The Kier molecular flexibility index (Phi) is 4.67. The first kappa shape index (κ1) is 18.2. The van der Waals surface area contributed by atoms with Crippen molar-refractivity contribution in [2.75, 3.05) is 0 Å². The predicted octanol–water partition coefficient (Wildman–Crippen LogP) is 4.73. The van der Waals surface area contributed by atoms with Crippen LogP contribution < -0.4 is 0 Å². The van der Waals surface area contributed by atoms with Crippen molar-refractivity contribution in [2.45, 2.75) is 26.4 Å². The second kappa shape index (κ2) is 4.63. The van der Waals surface area contributed by atoms with Crippen molar-refractivity contribution in [2.24, 2.45) is 0 Å². The van der Waals surface area contributed by atoms with E-state index < -0.39 is 26.4 Å². The third-order valence-electron chi connectivity index (χ3n) is 1.68. The standard InChI is InChI=1S/C6Br2ClF8N/c7-2(10,1-18)5(13,14)3(8,11)4(9,12)6(15,16)17. The molecule has 0 aromatic heterocycles. The second-order valence-electron chi connectivity index (χ2n) is 2.91. The summed E-state index contributed by atoms with van der Waals surface area (Å²) in [4.78, 5) is 0. The molecule has 0 fully saturated rings. The third-order valence-corrected chi connectivity index (χ3v) is 4.10. The summed E-state index contributed by atoms with van der Waals surface area (Å²) in [7, 11) is 0. The van der Waals surface area contributed by atoms with Gasteiger partial charge in [0.25, 0.3) is 4.58 Å². The number of hydrogen-bond acceptors (Lipinski definition) is 1. The maximum Gasteiger partial charge on any atom is 0.441 e. The van der Waals surface area contributed by atoms with Crippen molar-refractivity contribution in [3.05, 3.63) is 0 Å². The lowest BCUT2D eigenvalue weighted by molar-refractivity contribution is -0.261. The highest BCUT2D eigenvalue weighted by Gasteiger charge is 2.82. The molecule has 3 unspecified atom stereocenters. The number of hydrogen-bond donors (Lipinski definition) is 0. The number of rotatable bonds is 3. The molecular weight excluding hydrogens is 433 g/mol. The van der Waals surface area contributed by atoms with Crippen LogP contribution in [0.25, 0.3) is 0 Å². The van der Waals surface area contributed by atoms with Gasteiger partial charge in [-0.1, -0.05) is 11.6 Å².